The highest BCUT2D eigenvalue weighted by molar-refractivity contribution is 7.90. The van der Waals surface area contributed by atoms with E-state index < -0.39 is 10.0 Å². The number of rotatable bonds is 2. The van der Waals surface area contributed by atoms with Gasteiger partial charge in [0.15, 0.2) is 5.84 Å². The molecule has 0 spiro atoms. The summed E-state index contributed by atoms with van der Waals surface area (Å²) in [4.78, 5) is 19.2. The summed E-state index contributed by atoms with van der Waals surface area (Å²) >= 11 is 0. The van der Waals surface area contributed by atoms with Gasteiger partial charge in [0.1, 0.15) is 0 Å². The Labute approximate surface area is 159 Å². The Kier molecular flexibility index (Phi) is 4.61. The van der Waals surface area contributed by atoms with Crippen molar-refractivity contribution in [1.82, 2.24) is 14.7 Å². The van der Waals surface area contributed by atoms with E-state index in [0.29, 0.717) is 18.7 Å². The maximum absolute atomic E-state index is 13.4. The molecular formula is C19H22N4O3S. The van der Waals surface area contributed by atoms with Crippen molar-refractivity contribution >= 4 is 21.8 Å². The molecule has 3 aliphatic rings. The third-order valence-electron chi connectivity index (χ3n) is 5.12. The van der Waals surface area contributed by atoms with Gasteiger partial charge in [-0.3, -0.25) is 4.79 Å². The van der Waals surface area contributed by atoms with E-state index in [1.807, 2.05) is 42.3 Å². The van der Waals surface area contributed by atoms with Gasteiger partial charge in [0.25, 0.3) is 15.9 Å². The molecule has 1 amide bonds. The topological polar surface area (TPSA) is 73.3 Å². The van der Waals surface area contributed by atoms with E-state index in [4.69, 9.17) is 0 Å². The van der Waals surface area contributed by atoms with Crippen LogP contribution >= 0.6 is 0 Å². The van der Waals surface area contributed by atoms with E-state index in [1.165, 1.54) is 0 Å². The number of sulfonamides is 1. The predicted octanol–water partition coefficient (Wildman–Crippen LogP) is 0.999. The van der Waals surface area contributed by atoms with Crippen molar-refractivity contribution in [3.63, 3.8) is 0 Å². The minimum absolute atomic E-state index is 0.0382. The summed E-state index contributed by atoms with van der Waals surface area (Å²) in [5.74, 6) is 0.0188. The first-order valence-electron chi connectivity index (χ1n) is 8.97. The van der Waals surface area contributed by atoms with Gasteiger partial charge < -0.3 is 14.7 Å². The molecule has 1 unspecified atom stereocenters. The number of hydrogen-bond acceptors (Lipinski definition) is 5. The van der Waals surface area contributed by atoms with Crippen LogP contribution in [-0.2, 0) is 14.8 Å². The second-order valence-electron chi connectivity index (χ2n) is 7.00. The SMILES string of the molecule is CN1CCN(C(=O)C2=CC=CN3CCS(=O)(=O)N=C23)C(c2ccccc2)C1. The molecule has 0 aliphatic carbocycles. The van der Waals surface area contributed by atoms with Gasteiger partial charge >= 0.3 is 0 Å². The van der Waals surface area contributed by atoms with Gasteiger partial charge in [-0.1, -0.05) is 30.3 Å². The van der Waals surface area contributed by atoms with Crippen LogP contribution < -0.4 is 0 Å². The zero-order valence-electron chi connectivity index (χ0n) is 15.2. The van der Waals surface area contributed by atoms with E-state index >= 15 is 0 Å². The van der Waals surface area contributed by atoms with Crippen molar-refractivity contribution in [2.24, 2.45) is 4.40 Å². The first-order valence-corrected chi connectivity index (χ1v) is 10.6. The molecule has 0 N–H and O–H groups in total. The molecule has 1 aromatic carbocycles. The van der Waals surface area contributed by atoms with Crippen molar-refractivity contribution in [1.29, 1.82) is 0 Å². The maximum atomic E-state index is 13.4. The number of carbonyl (C=O) groups excluding carboxylic acids is 1. The number of hydrogen-bond donors (Lipinski definition) is 0. The van der Waals surface area contributed by atoms with Crippen molar-refractivity contribution in [3.05, 3.63) is 59.8 Å². The Hall–Kier alpha value is -2.45. The summed E-state index contributed by atoms with van der Waals surface area (Å²) in [6.45, 7) is 2.39. The molecule has 1 atom stereocenters. The molecule has 1 fully saturated rings. The second-order valence-corrected chi connectivity index (χ2v) is 8.76. The normalized spacial score (nSPS) is 24.9. The Morgan fingerprint density at radius 3 is 2.70 bits per heavy atom. The number of piperazine rings is 1. The van der Waals surface area contributed by atoms with Crippen LogP contribution in [0.15, 0.2) is 58.7 Å². The highest BCUT2D eigenvalue weighted by Gasteiger charge is 2.36. The van der Waals surface area contributed by atoms with Crippen LogP contribution in [0.3, 0.4) is 0 Å². The molecule has 3 heterocycles. The highest BCUT2D eigenvalue weighted by atomic mass is 32.2. The Bertz CT molecular complexity index is 937. The fourth-order valence-electron chi connectivity index (χ4n) is 3.66. The number of amidine groups is 1. The van der Waals surface area contributed by atoms with Crippen LogP contribution in [0.1, 0.15) is 11.6 Å². The van der Waals surface area contributed by atoms with Crippen LogP contribution in [0.2, 0.25) is 0 Å². The van der Waals surface area contributed by atoms with Crippen LogP contribution in [0.5, 0.6) is 0 Å². The van der Waals surface area contributed by atoms with E-state index in [9.17, 15) is 13.2 Å². The quantitative estimate of drug-likeness (QED) is 0.758. The van der Waals surface area contributed by atoms with Crippen molar-refractivity contribution in [2.75, 3.05) is 39.0 Å². The van der Waals surface area contributed by atoms with Gasteiger partial charge in [-0.2, -0.15) is 0 Å². The second kappa shape index (κ2) is 6.94. The van der Waals surface area contributed by atoms with Crippen LogP contribution in [0.25, 0.3) is 0 Å². The van der Waals surface area contributed by atoms with Crippen molar-refractivity contribution in [3.8, 4) is 0 Å². The fourth-order valence-corrected chi connectivity index (χ4v) is 4.65. The molecule has 0 bridgehead atoms. The molecule has 7 nitrogen and oxygen atoms in total. The Morgan fingerprint density at radius 2 is 1.93 bits per heavy atom. The molecule has 1 saturated heterocycles. The van der Waals surface area contributed by atoms with E-state index in [-0.39, 0.29) is 23.5 Å². The Morgan fingerprint density at radius 1 is 1.15 bits per heavy atom. The van der Waals surface area contributed by atoms with Gasteiger partial charge in [0.05, 0.1) is 17.4 Å². The van der Waals surface area contributed by atoms with Gasteiger partial charge in [0.2, 0.25) is 0 Å². The molecule has 0 saturated carbocycles. The average Bonchev–Trinajstić information content (AvgIpc) is 2.67. The molecule has 3 aliphatic heterocycles. The van der Waals surface area contributed by atoms with E-state index in [2.05, 4.69) is 9.30 Å². The van der Waals surface area contributed by atoms with Gasteiger partial charge in [-0.05, 0) is 24.8 Å². The molecule has 0 radical (unpaired) electrons. The monoisotopic (exact) mass is 386 g/mol. The minimum atomic E-state index is -3.53. The lowest BCUT2D eigenvalue weighted by Gasteiger charge is -2.41. The lowest BCUT2D eigenvalue weighted by atomic mass is 10.0. The van der Waals surface area contributed by atoms with Gasteiger partial charge in [-0.25, -0.2) is 8.42 Å². The maximum Gasteiger partial charge on any atom is 0.258 e. The third kappa shape index (κ3) is 3.54. The number of carbonyl (C=O) groups is 1. The van der Waals surface area contributed by atoms with Gasteiger partial charge in [0, 0.05) is 32.4 Å². The fraction of sp³-hybridized carbons (Fsp3) is 0.368. The largest absolute Gasteiger partial charge is 0.331 e. The van der Waals surface area contributed by atoms with Crippen molar-refractivity contribution in [2.45, 2.75) is 6.04 Å². The number of benzene rings is 1. The number of amides is 1. The molecular weight excluding hydrogens is 364 g/mol. The van der Waals surface area contributed by atoms with Crippen LogP contribution in [0.4, 0.5) is 0 Å². The minimum Gasteiger partial charge on any atom is -0.331 e. The summed E-state index contributed by atoms with van der Waals surface area (Å²) in [7, 11) is -1.49. The molecule has 8 heteroatoms. The average molecular weight is 386 g/mol. The predicted molar refractivity (Wildman–Crippen MR) is 104 cm³/mol. The van der Waals surface area contributed by atoms with Crippen molar-refractivity contribution < 1.29 is 13.2 Å². The lowest BCUT2D eigenvalue weighted by Crippen LogP contribution is -2.51. The molecule has 142 valence electrons. The lowest BCUT2D eigenvalue weighted by molar-refractivity contribution is -0.131. The zero-order chi connectivity index (χ0) is 19.0. The van der Waals surface area contributed by atoms with E-state index in [1.54, 1.807) is 23.3 Å². The standard InChI is InChI=1S/C19H22N4O3S/c1-21-10-11-23(17(14-21)15-6-3-2-4-7-15)19(24)16-8-5-9-22-12-13-27(25,26)20-18(16)22/h2-9,17H,10-14H2,1H3. The first kappa shape index (κ1) is 17.9. The third-order valence-corrected chi connectivity index (χ3v) is 6.27. The summed E-state index contributed by atoms with van der Waals surface area (Å²) in [5, 5.41) is 0. The van der Waals surface area contributed by atoms with Crippen LogP contribution in [-0.4, -0.2) is 73.8 Å². The number of fused-ring (bicyclic) bond motifs is 1. The van der Waals surface area contributed by atoms with E-state index in [0.717, 1.165) is 18.7 Å². The molecule has 27 heavy (non-hydrogen) atoms. The number of likely N-dealkylation sites (N-methyl/N-ethyl adjacent to an activating group) is 1. The molecule has 0 aromatic heterocycles. The van der Waals surface area contributed by atoms with Crippen LogP contribution in [0, 0.1) is 0 Å². The summed E-state index contributed by atoms with van der Waals surface area (Å²) in [5.41, 5.74) is 1.41. The smallest absolute Gasteiger partial charge is 0.258 e. The summed E-state index contributed by atoms with van der Waals surface area (Å²) in [6.07, 6.45) is 5.21. The molecule has 1 aromatic rings. The summed E-state index contributed by atoms with van der Waals surface area (Å²) < 4.78 is 27.8. The number of allylic oxidation sites excluding steroid dienone is 2. The highest BCUT2D eigenvalue weighted by Crippen LogP contribution is 2.28. The first-order chi connectivity index (χ1) is 12.9. The summed E-state index contributed by atoms with van der Waals surface area (Å²) in [6, 6.07) is 9.85. The number of nitrogens with zero attached hydrogens (tertiary/aromatic N) is 4. The molecule has 4 rings (SSSR count). The Balaban J connectivity index is 1.69. The van der Waals surface area contributed by atoms with Gasteiger partial charge in [-0.15, -0.1) is 4.40 Å². The zero-order valence-corrected chi connectivity index (χ0v) is 16.0.